The van der Waals surface area contributed by atoms with Crippen molar-refractivity contribution >= 4 is 29.0 Å². The summed E-state index contributed by atoms with van der Waals surface area (Å²) < 4.78 is 0. The summed E-state index contributed by atoms with van der Waals surface area (Å²) in [7, 11) is 1.72. The van der Waals surface area contributed by atoms with E-state index in [2.05, 4.69) is 0 Å². The monoisotopic (exact) mass is 299 g/mol. The Kier molecular flexibility index (Phi) is 3.52. The first-order valence-electron chi connectivity index (χ1n) is 6.73. The summed E-state index contributed by atoms with van der Waals surface area (Å²) in [4.78, 5) is 26.3. The maximum atomic E-state index is 12.4. The van der Waals surface area contributed by atoms with Gasteiger partial charge in [-0.05, 0) is 23.8 Å². The first kappa shape index (κ1) is 13.8. The molecular weight excluding hydrogens is 286 g/mol. The van der Waals surface area contributed by atoms with E-state index in [0.29, 0.717) is 10.6 Å². The minimum atomic E-state index is -0.448. The first-order chi connectivity index (χ1) is 10.1. The molecule has 0 saturated heterocycles. The van der Waals surface area contributed by atoms with Crippen molar-refractivity contribution < 1.29 is 9.59 Å². The van der Waals surface area contributed by atoms with Crippen LogP contribution < -0.4 is 4.90 Å². The van der Waals surface area contributed by atoms with E-state index in [1.165, 1.54) is 0 Å². The third-order valence-corrected chi connectivity index (χ3v) is 4.08. The van der Waals surface area contributed by atoms with E-state index in [1.807, 2.05) is 24.3 Å². The van der Waals surface area contributed by atoms with Gasteiger partial charge in [0.15, 0.2) is 5.78 Å². The number of Topliss-reactive ketones (excluding diaryl/α,β-unsaturated/α-hetero) is 1. The molecule has 1 unspecified atom stereocenters. The summed E-state index contributed by atoms with van der Waals surface area (Å²) in [6.45, 7) is 0. The molecule has 4 heteroatoms. The van der Waals surface area contributed by atoms with Crippen LogP contribution in [0.15, 0.2) is 48.5 Å². The normalized spacial score (nSPS) is 17.0. The van der Waals surface area contributed by atoms with Gasteiger partial charge in [-0.15, -0.1) is 0 Å². The Morgan fingerprint density at radius 3 is 2.62 bits per heavy atom. The van der Waals surface area contributed by atoms with Crippen LogP contribution in [-0.4, -0.2) is 18.7 Å². The molecule has 1 aliphatic heterocycles. The second-order valence-corrected chi connectivity index (χ2v) is 5.58. The minimum Gasteiger partial charge on any atom is -0.315 e. The number of carbonyl (C=O) groups excluding carboxylic acids is 2. The summed E-state index contributed by atoms with van der Waals surface area (Å²) in [5.41, 5.74) is 2.29. The van der Waals surface area contributed by atoms with Gasteiger partial charge in [-0.2, -0.15) is 0 Å². The fourth-order valence-electron chi connectivity index (χ4n) is 2.72. The summed E-state index contributed by atoms with van der Waals surface area (Å²) in [5, 5.41) is 0.578. The van der Waals surface area contributed by atoms with Crippen LogP contribution in [0.5, 0.6) is 0 Å². The van der Waals surface area contributed by atoms with Crippen molar-refractivity contribution in [2.24, 2.45) is 0 Å². The maximum Gasteiger partial charge on any atom is 0.234 e. The summed E-state index contributed by atoms with van der Waals surface area (Å²) >= 11 is 6.02. The number of rotatable bonds is 3. The van der Waals surface area contributed by atoms with E-state index < -0.39 is 5.92 Å². The van der Waals surface area contributed by atoms with Gasteiger partial charge >= 0.3 is 0 Å². The van der Waals surface area contributed by atoms with Gasteiger partial charge < -0.3 is 4.90 Å². The molecule has 21 heavy (non-hydrogen) atoms. The number of anilines is 1. The molecule has 1 aliphatic rings. The molecule has 0 N–H and O–H groups in total. The molecule has 0 spiro atoms. The van der Waals surface area contributed by atoms with Crippen molar-refractivity contribution in [1.29, 1.82) is 0 Å². The summed E-state index contributed by atoms with van der Waals surface area (Å²) in [6, 6.07) is 14.4. The van der Waals surface area contributed by atoms with E-state index >= 15 is 0 Å². The van der Waals surface area contributed by atoms with Crippen molar-refractivity contribution in [2.75, 3.05) is 11.9 Å². The van der Waals surface area contributed by atoms with Crippen LogP contribution in [0, 0.1) is 0 Å². The lowest BCUT2D eigenvalue weighted by Crippen LogP contribution is -2.25. The number of amides is 1. The van der Waals surface area contributed by atoms with E-state index in [4.69, 9.17) is 11.6 Å². The molecule has 3 rings (SSSR count). The Morgan fingerprint density at radius 1 is 1.19 bits per heavy atom. The molecule has 2 aromatic carbocycles. The molecule has 0 radical (unpaired) electrons. The quantitative estimate of drug-likeness (QED) is 0.811. The molecule has 1 amide bonds. The third-order valence-electron chi connectivity index (χ3n) is 3.84. The lowest BCUT2D eigenvalue weighted by Gasteiger charge is -2.10. The van der Waals surface area contributed by atoms with Crippen molar-refractivity contribution in [3.8, 4) is 0 Å². The molecule has 0 fully saturated rings. The highest BCUT2D eigenvalue weighted by molar-refractivity contribution is 6.31. The Balaban J connectivity index is 1.92. The second-order valence-electron chi connectivity index (χ2n) is 5.15. The van der Waals surface area contributed by atoms with Gasteiger partial charge in [0.05, 0.1) is 5.92 Å². The Bertz CT molecular complexity index is 712. The van der Waals surface area contributed by atoms with Crippen molar-refractivity contribution in [2.45, 2.75) is 12.3 Å². The van der Waals surface area contributed by atoms with E-state index in [9.17, 15) is 9.59 Å². The number of benzene rings is 2. The number of likely N-dealkylation sites (N-methyl/N-ethyl adjacent to an activating group) is 1. The Morgan fingerprint density at radius 2 is 1.90 bits per heavy atom. The zero-order chi connectivity index (χ0) is 15.0. The Labute approximate surface area is 128 Å². The Hall–Kier alpha value is -2.13. The van der Waals surface area contributed by atoms with Gasteiger partial charge in [-0.3, -0.25) is 9.59 Å². The smallest absolute Gasteiger partial charge is 0.234 e. The molecule has 0 aromatic heterocycles. The van der Waals surface area contributed by atoms with E-state index in [-0.39, 0.29) is 18.1 Å². The number of hydrogen-bond acceptors (Lipinski definition) is 2. The SMILES string of the molecule is CN1C(=O)C(CC(=O)c2ccccc2)c2cc(Cl)ccc21. The molecule has 0 bridgehead atoms. The predicted octanol–water partition coefficient (Wildman–Crippen LogP) is 3.67. The summed E-state index contributed by atoms with van der Waals surface area (Å²) in [5.74, 6) is -0.539. The van der Waals surface area contributed by atoms with Gasteiger partial charge in [0.25, 0.3) is 0 Å². The molecule has 3 nitrogen and oxygen atoms in total. The predicted molar refractivity (Wildman–Crippen MR) is 83.0 cm³/mol. The standard InChI is InChI=1S/C17H14ClNO2/c1-19-15-8-7-12(18)9-13(15)14(17(19)21)10-16(20)11-5-3-2-4-6-11/h2-9,14H,10H2,1H3. The molecule has 2 aromatic rings. The third kappa shape index (κ3) is 2.45. The average molecular weight is 300 g/mol. The number of nitrogens with zero attached hydrogens (tertiary/aromatic N) is 1. The number of ketones is 1. The highest BCUT2D eigenvalue weighted by atomic mass is 35.5. The van der Waals surface area contributed by atoms with Gasteiger partial charge in [-0.1, -0.05) is 41.9 Å². The molecule has 1 atom stereocenters. The van der Waals surface area contributed by atoms with Crippen molar-refractivity contribution in [3.63, 3.8) is 0 Å². The number of fused-ring (bicyclic) bond motifs is 1. The van der Waals surface area contributed by atoms with Gasteiger partial charge in [0.1, 0.15) is 0 Å². The molecule has 0 aliphatic carbocycles. The zero-order valence-electron chi connectivity index (χ0n) is 11.5. The maximum absolute atomic E-state index is 12.4. The highest BCUT2D eigenvalue weighted by Gasteiger charge is 2.36. The molecule has 0 saturated carbocycles. The number of carbonyl (C=O) groups is 2. The second kappa shape index (κ2) is 5.34. The summed E-state index contributed by atoms with van der Waals surface area (Å²) in [6.07, 6.45) is 0.167. The fraction of sp³-hybridized carbons (Fsp3) is 0.176. The molecule has 1 heterocycles. The first-order valence-corrected chi connectivity index (χ1v) is 7.11. The fourth-order valence-corrected chi connectivity index (χ4v) is 2.90. The van der Waals surface area contributed by atoms with Gasteiger partial charge in [-0.25, -0.2) is 0 Å². The van der Waals surface area contributed by atoms with Crippen LogP contribution in [0.2, 0.25) is 5.02 Å². The molecular formula is C17H14ClNO2. The number of hydrogen-bond donors (Lipinski definition) is 0. The lowest BCUT2D eigenvalue weighted by atomic mass is 9.93. The van der Waals surface area contributed by atoms with Crippen LogP contribution in [0.1, 0.15) is 28.3 Å². The lowest BCUT2D eigenvalue weighted by molar-refractivity contribution is -0.119. The van der Waals surface area contributed by atoms with E-state index in [1.54, 1.807) is 36.2 Å². The number of halogens is 1. The average Bonchev–Trinajstić information content (AvgIpc) is 2.73. The van der Waals surface area contributed by atoms with Crippen LogP contribution in [-0.2, 0) is 4.79 Å². The zero-order valence-corrected chi connectivity index (χ0v) is 12.3. The minimum absolute atomic E-state index is 0.0322. The van der Waals surface area contributed by atoms with Crippen molar-refractivity contribution in [1.82, 2.24) is 0 Å². The van der Waals surface area contributed by atoms with E-state index in [0.717, 1.165) is 11.3 Å². The largest absolute Gasteiger partial charge is 0.315 e. The highest BCUT2D eigenvalue weighted by Crippen LogP contribution is 2.40. The van der Waals surface area contributed by atoms with Gasteiger partial charge in [0.2, 0.25) is 5.91 Å². The van der Waals surface area contributed by atoms with Crippen LogP contribution in [0.3, 0.4) is 0 Å². The topological polar surface area (TPSA) is 37.4 Å². The van der Waals surface area contributed by atoms with Crippen LogP contribution >= 0.6 is 11.6 Å². The van der Waals surface area contributed by atoms with Crippen LogP contribution in [0.25, 0.3) is 0 Å². The van der Waals surface area contributed by atoms with Gasteiger partial charge in [0, 0.05) is 29.7 Å². The molecule has 106 valence electrons. The van der Waals surface area contributed by atoms with Crippen molar-refractivity contribution in [3.05, 3.63) is 64.7 Å². The van der Waals surface area contributed by atoms with Crippen LogP contribution in [0.4, 0.5) is 5.69 Å².